The van der Waals surface area contributed by atoms with Gasteiger partial charge in [-0.25, -0.2) is 5.43 Å². The van der Waals surface area contributed by atoms with Crippen molar-refractivity contribution in [2.45, 2.75) is 13.8 Å². The third kappa shape index (κ3) is 6.22. The van der Waals surface area contributed by atoms with E-state index in [-0.39, 0.29) is 18.4 Å². The molecule has 1 N–H and O–H groups in total. The van der Waals surface area contributed by atoms with Crippen LogP contribution in [0.3, 0.4) is 0 Å². The van der Waals surface area contributed by atoms with Gasteiger partial charge in [0.2, 0.25) is 0 Å². The molecule has 120 valence electrons. The maximum absolute atomic E-state index is 11.5. The summed E-state index contributed by atoms with van der Waals surface area (Å²) in [4.78, 5) is 11.5. The molecule has 5 heteroatoms. The highest BCUT2D eigenvalue weighted by Crippen LogP contribution is 2.23. The molecule has 0 aliphatic rings. The first-order chi connectivity index (χ1) is 11.1. The van der Waals surface area contributed by atoms with E-state index in [2.05, 4.69) is 10.5 Å². The second-order valence-electron chi connectivity index (χ2n) is 5.23. The summed E-state index contributed by atoms with van der Waals surface area (Å²) >= 11 is 0. The van der Waals surface area contributed by atoms with Crippen LogP contribution in [0.1, 0.15) is 13.8 Å². The summed E-state index contributed by atoms with van der Waals surface area (Å²) in [6.45, 7) is 3.87. The van der Waals surface area contributed by atoms with Crippen molar-refractivity contribution in [3.05, 3.63) is 54.6 Å². The lowest BCUT2D eigenvalue weighted by Crippen LogP contribution is -2.24. The molecule has 0 aromatic heterocycles. The van der Waals surface area contributed by atoms with Gasteiger partial charge in [-0.1, -0.05) is 32.0 Å². The molecule has 1 amide bonds. The van der Waals surface area contributed by atoms with Crippen LogP contribution in [-0.2, 0) is 4.79 Å². The Bertz CT molecular complexity index is 637. The number of amides is 1. The summed E-state index contributed by atoms with van der Waals surface area (Å²) in [5.74, 6) is 2.05. The minimum absolute atomic E-state index is 0.0890. The van der Waals surface area contributed by atoms with Gasteiger partial charge in [0, 0.05) is 6.21 Å². The number of hydrogen-bond acceptors (Lipinski definition) is 4. The Balaban J connectivity index is 1.80. The van der Waals surface area contributed by atoms with E-state index in [9.17, 15) is 4.79 Å². The van der Waals surface area contributed by atoms with Gasteiger partial charge in [-0.3, -0.25) is 4.79 Å². The molecule has 0 aliphatic heterocycles. The minimum Gasteiger partial charge on any atom is -0.484 e. The number of carbonyl (C=O) groups is 1. The van der Waals surface area contributed by atoms with Crippen LogP contribution < -0.4 is 14.9 Å². The molecule has 0 radical (unpaired) electrons. The smallest absolute Gasteiger partial charge is 0.277 e. The van der Waals surface area contributed by atoms with Gasteiger partial charge in [0.15, 0.2) is 6.61 Å². The number of benzene rings is 2. The molecular weight excluding hydrogens is 292 g/mol. The molecule has 0 saturated heterocycles. The molecule has 0 fully saturated rings. The van der Waals surface area contributed by atoms with E-state index in [0.717, 1.165) is 5.75 Å². The lowest BCUT2D eigenvalue weighted by atomic mass is 10.3. The van der Waals surface area contributed by atoms with E-state index in [1.165, 1.54) is 0 Å². The van der Waals surface area contributed by atoms with E-state index in [1.54, 1.807) is 30.5 Å². The maximum atomic E-state index is 11.5. The van der Waals surface area contributed by atoms with Crippen LogP contribution >= 0.6 is 0 Å². The highest BCUT2D eigenvalue weighted by atomic mass is 16.5. The zero-order valence-electron chi connectivity index (χ0n) is 13.2. The topological polar surface area (TPSA) is 59.9 Å². The molecule has 0 spiro atoms. The van der Waals surface area contributed by atoms with Gasteiger partial charge >= 0.3 is 0 Å². The van der Waals surface area contributed by atoms with E-state index >= 15 is 0 Å². The average molecular weight is 312 g/mol. The fraction of sp³-hybridized carbons (Fsp3) is 0.222. The Morgan fingerprint density at radius 3 is 2.30 bits per heavy atom. The largest absolute Gasteiger partial charge is 0.484 e. The van der Waals surface area contributed by atoms with Crippen LogP contribution in [0, 0.1) is 5.92 Å². The summed E-state index contributed by atoms with van der Waals surface area (Å²) in [7, 11) is 0. The first-order valence-electron chi connectivity index (χ1n) is 7.41. The lowest BCUT2D eigenvalue weighted by molar-refractivity contribution is -0.123. The molecule has 5 nitrogen and oxygen atoms in total. The molecule has 0 atom stereocenters. The van der Waals surface area contributed by atoms with Crippen LogP contribution in [0.25, 0.3) is 0 Å². The SMILES string of the molecule is CC(C)/C=N/NC(=O)COc1ccc(Oc2ccccc2)cc1. The van der Waals surface area contributed by atoms with E-state index < -0.39 is 0 Å². The second-order valence-corrected chi connectivity index (χ2v) is 5.23. The monoisotopic (exact) mass is 312 g/mol. The molecule has 0 aliphatic carbocycles. The number of nitrogens with zero attached hydrogens (tertiary/aromatic N) is 1. The van der Waals surface area contributed by atoms with Crippen molar-refractivity contribution in [2.75, 3.05) is 6.61 Å². The molecule has 23 heavy (non-hydrogen) atoms. The van der Waals surface area contributed by atoms with Gasteiger partial charge in [0.25, 0.3) is 5.91 Å². The minimum atomic E-state index is -0.300. The molecule has 0 bridgehead atoms. The number of hydrogen-bond donors (Lipinski definition) is 1. The van der Waals surface area contributed by atoms with E-state index in [0.29, 0.717) is 11.5 Å². The molecular formula is C18H20N2O3. The molecule has 2 aromatic rings. The van der Waals surface area contributed by atoms with Crippen LogP contribution in [0.5, 0.6) is 17.2 Å². The third-order valence-corrected chi connectivity index (χ3v) is 2.73. The van der Waals surface area contributed by atoms with Crippen LogP contribution in [0.4, 0.5) is 0 Å². The highest BCUT2D eigenvalue weighted by molar-refractivity contribution is 5.78. The Hall–Kier alpha value is -2.82. The standard InChI is InChI=1S/C18H20N2O3/c1-14(2)12-19-20-18(21)13-22-15-8-10-17(11-9-15)23-16-6-4-3-5-7-16/h3-12,14H,13H2,1-2H3,(H,20,21)/b19-12+. The van der Waals surface area contributed by atoms with Gasteiger partial charge in [-0.2, -0.15) is 5.10 Å². The maximum Gasteiger partial charge on any atom is 0.277 e. The van der Waals surface area contributed by atoms with Crippen molar-refractivity contribution in [2.24, 2.45) is 11.0 Å². The zero-order chi connectivity index (χ0) is 16.5. The number of hydrazone groups is 1. The Kier molecular flexibility index (Phi) is 6.17. The van der Waals surface area contributed by atoms with Crippen molar-refractivity contribution in [1.82, 2.24) is 5.43 Å². The molecule has 2 aromatic carbocycles. The Labute approximate surface area is 135 Å². The second kappa shape index (κ2) is 8.58. The van der Waals surface area contributed by atoms with Crippen molar-refractivity contribution < 1.29 is 14.3 Å². The summed E-state index contributed by atoms with van der Waals surface area (Å²) < 4.78 is 11.1. The number of rotatable bonds is 7. The number of para-hydroxylation sites is 1. The van der Waals surface area contributed by atoms with Gasteiger partial charge in [0.05, 0.1) is 0 Å². The summed E-state index contributed by atoms with van der Waals surface area (Å²) in [6.07, 6.45) is 1.66. The zero-order valence-corrected chi connectivity index (χ0v) is 13.2. The van der Waals surface area contributed by atoms with Crippen molar-refractivity contribution in [3.63, 3.8) is 0 Å². The predicted octanol–water partition coefficient (Wildman–Crippen LogP) is 3.62. The molecule has 0 saturated carbocycles. The number of carbonyl (C=O) groups excluding carboxylic acids is 1. The van der Waals surface area contributed by atoms with Gasteiger partial charge in [-0.15, -0.1) is 0 Å². The van der Waals surface area contributed by atoms with Crippen molar-refractivity contribution in [3.8, 4) is 17.2 Å². The summed E-state index contributed by atoms with van der Waals surface area (Å²) in [6, 6.07) is 16.6. The highest BCUT2D eigenvalue weighted by Gasteiger charge is 2.02. The first kappa shape index (κ1) is 16.5. The van der Waals surface area contributed by atoms with Crippen LogP contribution in [0.15, 0.2) is 59.7 Å². The van der Waals surface area contributed by atoms with E-state index in [4.69, 9.17) is 9.47 Å². The fourth-order valence-corrected chi connectivity index (χ4v) is 1.67. The van der Waals surface area contributed by atoms with E-state index in [1.807, 2.05) is 44.2 Å². The van der Waals surface area contributed by atoms with Crippen molar-refractivity contribution >= 4 is 12.1 Å². The third-order valence-electron chi connectivity index (χ3n) is 2.73. The lowest BCUT2D eigenvalue weighted by Gasteiger charge is -2.08. The van der Waals surface area contributed by atoms with Crippen LogP contribution in [-0.4, -0.2) is 18.7 Å². The Morgan fingerprint density at radius 1 is 1.04 bits per heavy atom. The summed E-state index contributed by atoms with van der Waals surface area (Å²) in [5, 5.41) is 3.82. The van der Waals surface area contributed by atoms with Gasteiger partial charge < -0.3 is 9.47 Å². The van der Waals surface area contributed by atoms with Crippen LogP contribution in [0.2, 0.25) is 0 Å². The normalized spacial score (nSPS) is 10.7. The predicted molar refractivity (Wildman–Crippen MR) is 89.9 cm³/mol. The molecule has 2 rings (SSSR count). The number of ether oxygens (including phenoxy) is 2. The average Bonchev–Trinajstić information content (AvgIpc) is 2.55. The van der Waals surface area contributed by atoms with Gasteiger partial charge in [-0.05, 0) is 42.3 Å². The Morgan fingerprint density at radius 2 is 1.65 bits per heavy atom. The first-order valence-corrected chi connectivity index (χ1v) is 7.41. The molecule has 0 unspecified atom stereocenters. The molecule has 0 heterocycles. The number of nitrogens with one attached hydrogen (secondary N) is 1. The quantitative estimate of drug-likeness (QED) is 0.627. The van der Waals surface area contributed by atoms with Gasteiger partial charge in [0.1, 0.15) is 17.2 Å². The van der Waals surface area contributed by atoms with Crippen molar-refractivity contribution in [1.29, 1.82) is 0 Å². The summed E-state index contributed by atoms with van der Waals surface area (Å²) in [5.41, 5.74) is 2.41. The fourth-order valence-electron chi connectivity index (χ4n) is 1.67.